The molecule has 1 aromatic rings. The number of hydrogen-bond donors (Lipinski definition) is 0. The molecule has 116 valence electrons. The van der Waals surface area contributed by atoms with E-state index in [0.717, 1.165) is 26.1 Å². The number of hydrogen-bond acceptors (Lipinski definition) is 4. The Morgan fingerprint density at radius 1 is 1.43 bits per heavy atom. The molecule has 0 bridgehead atoms. The van der Waals surface area contributed by atoms with Crippen molar-refractivity contribution in [3.63, 3.8) is 0 Å². The van der Waals surface area contributed by atoms with Crippen molar-refractivity contribution < 1.29 is 9.53 Å². The normalized spacial score (nSPS) is 19.1. The molecule has 1 aromatic heterocycles. The Morgan fingerprint density at radius 2 is 2.10 bits per heavy atom. The van der Waals surface area contributed by atoms with Gasteiger partial charge in [-0.15, -0.1) is 0 Å². The lowest BCUT2D eigenvalue weighted by Gasteiger charge is -2.26. The SMILES string of the molecule is CN(Cc1ccncc1)[C@H]1CCN(C(=O)OC(C)(C)C)C1. The molecule has 5 nitrogen and oxygen atoms in total. The summed E-state index contributed by atoms with van der Waals surface area (Å²) >= 11 is 0. The van der Waals surface area contributed by atoms with Gasteiger partial charge in [0.2, 0.25) is 0 Å². The summed E-state index contributed by atoms with van der Waals surface area (Å²) < 4.78 is 5.43. The second-order valence-electron chi connectivity index (χ2n) is 6.64. The van der Waals surface area contributed by atoms with Crippen molar-refractivity contribution in [2.75, 3.05) is 20.1 Å². The number of ether oxygens (including phenoxy) is 1. The lowest BCUT2D eigenvalue weighted by atomic mass is 10.2. The maximum atomic E-state index is 12.1. The zero-order valence-electron chi connectivity index (χ0n) is 13.4. The number of likely N-dealkylation sites (tertiary alicyclic amines) is 1. The summed E-state index contributed by atoms with van der Waals surface area (Å²) in [7, 11) is 2.10. The van der Waals surface area contributed by atoms with Crippen molar-refractivity contribution in [1.82, 2.24) is 14.8 Å². The van der Waals surface area contributed by atoms with E-state index in [4.69, 9.17) is 4.74 Å². The molecule has 0 aliphatic carbocycles. The minimum Gasteiger partial charge on any atom is -0.444 e. The quantitative estimate of drug-likeness (QED) is 0.858. The lowest BCUT2D eigenvalue weighted by Crippen LogP contribution is -2.38. The zero-order chi connectivity index (χ0) is 15.5. The second kappa shape index (κ2) is 6.43. The lowest BCUT2D eigenvalue weighted by molar-refractivity contribution is 0.0282. The Kier molecular flexibility index (Phi) is 4.83. The molecule has 2 rings (SSSR count). The summed E-state index contributed by atoms with van der Waals surface area (Å²) in [4.78, 5) is 20.2. The molecule has 2 heterocycles. The molecule has 0 saturated carbocycles. The van der Waals surface area contributed by atoms with Gasteiger partial charge in [-0.25, -0.2) is 4.79 Å². The molecule has 0 aromatic carbocycles. The van der Waals surface area contributed by atoms with Crippen molar-refractivity contribution in [3.05, 3.63) is 30.1 Å². The average molecular weight is 291 g/mol. The van der Waals surface area contributed by atoms with Crippen LogP contribution in [0.5, 0.6) is 0 Å². The van der Waals surface area contributed by atoms with Gasteiger partial charge in [-0.05, 0) is 51.9 Å². The number of nitrogens with zero attached hydrogens (tertiary/aromatic N) is 3. The summed E-state index contributed by atoms with van der Waals surface area (Å²) in [5.41, 5.74) is 0.807. The fourth-order valence-electron chi connectivity index (χ4n) is 2.50. The highest BCUT2D eigenvalue weighted by atomic mass is 16.6. The van der Waals surface area contributed by atoms with E-state index < -0.39 is 5.60 Å². The van der Waals surface area contributed by atoms with Gasteiger partial charge >= 0.3 is 6.09 Å². The van der Waals surface area contributed by atoms with Gasteiger partial charge in [0.15, 0.2) is 0 Å². The minimum absolute atomic E-state index is 0.206. The summed E-state index contributed by atoms with van der Waals surface area (Å²) in [6.45, 7) is 8.06. The summed E-state index contributed by atoms with van der Waals surface area (Å²) in [5.74, 6) is 0. The van der Waals surface area contributed by atoms with Crippen LogP contribution in [0.1, 0.15) is 32.8 Å². The Morgan fingerprint density at radius 3 is 2.71 bits per heavy atom. The predicted molar refractivity (Wildman–Crippen MR) is 81.9 cm³/mol. The first-order valence-electron chi connectivity index (χ1n) is 7.42. The summed E-state index contributed by atoms with van der Waals surface area (Å²) in [6, 6.07) is 4.43. The molecule has 1 atom stereocenters. The van der Waals surface area contributed by atoms with E-state index in [1.807, 2.05) is 45.3 Å². The van der Waals surface area contributed by atoms with Gasteiger partial charge in [-0.2, -0.15) is 0 Å². The number of pyridine rings is 1. The van der Waals surface area contributed by atoms with Crippen LogP contribution in [0.3, 0.4) is 0 Å². The first kappa shape index (κ1) is 15.8. The van der Waals surface area contributed by atoms with E-state index in [9.17, 15) is 4.79 Å². The smallest absolute Gasteiger partial charge is 0.410 e. The molecule has 1 saturated heterocycles. The number of rotatable bonds is 3. The molecule has 1 aliphatic rings. The van der Waals surface area contributed by atoms with Crippen LogP contribution in [-0.2, 0) is 11.3 Å². The fraction of sp³-hybridized carbons (Fsp3) is 0.625. The van der Waals surface area contributed by atoms with E-state index in [-0.39, 0.29) is 6.09 Å². The molecule has 0 radical (unpaired) electrons. The Balaban J connectivity index is 1.86. The number of carbonyl (C=O) groups excluding carboxylic acids is 1. The number of likely N-dealkylation sites (N-methyl/N-ethyl adjacent to an activating group) is 1. The first-order chi connectivity index (χ1) is 9.85. The Bertz CT molecular complexity index is 470. The molecule has 21 heavy (non-hydrogen) atoms. The van der Waals surface area contributed by atoms with E-state index >= 15 is 0 Å². The largest absolute Gasteiger partial charge is 0.444 e. The van der Waals surface area contributed by atoms with Gasteiger partial charge in [0.25, 0.3) is 0 Å². The molecule has 0 spiro atoms. The van der Waals surface area contributed by atoms with Crippen LogP contribution >= 0.6 is 0 Å². The van der Waals surface area contributed by atoms with Gasteiger partial charge in [0.05, 0.1) is 0 Å². The van der Waals surface area contributed by atoms with Gasteiger partial charge in [-0.1, -0.05) is 0 Å². The van der Waals surface area contributed by atoms with Crippen molar-refractivity contribution in [2.45, 2.75) is 45.4 Å². The van der Waals surface area contributed by atoms with Gasteiger partial charge in [0.1, 0.15) is 5.60 Å². The number of amides is 1. The molecular weight excluding hydrogens is 266 g/mol. The Labute approximate surface area is 126 Å². The molecular formula is C16H25N3O2. The summed E-state index contributed by atoms with van der Waals surface area (Å²) in [5, 5.41) is 0. The van der Waals surface area contributed by atoms with Crippen LogP contribution in [0.4, 0.5) is 4.79 Å². The van der Waals surface area contributed by atoms with Crippen LogP contribution in [0.25, 0.3) is 0 Å². The maximum absolute atomic E-state index is 12.1. The molecule has 0 unspecified atom stereocenters. The molecule has 1 amide bonds. The molecule has 0 N–H and O–H groups in total. The predicted octanol–water partition coefficient (Wildman–Crippen LogP) is 2.52. The van der Waals surface area contributed by atoms with Gasteiger partial charge < -0.3 is 9.64 Å². The van der Waals surface area contributed by atoms with E-state index in [0.29, 0.717) is 6.04 Å². The van der Waals surface area contributed by atoms with Crippen molar-refractivity contribution in [3.8, 4) is 0 Å². The van der Waals surface area contributed by atoms with Crippen LogP contribution in [-0.4, -0.2) is 52.7 Å². The number of carbonyl (C=O) groups is 1. The molecule has 1 aliphatic heterocycles. The standard InChI is InChI=1S/C16H25N3O2/c1-16(2,3)21-15(20)19-10-7-14(12-19)18(4)11-13-5-8-17-9-6-13/h5-6,8-9,14H,7,10-12H2,1-4H3/t14-/m0/s1. The third kappa shape index (κ3) is 4.70. The van der Waals surface area contributed by atoms with Crippen molar-refractivity contribution in [2.24, 2.45) is 0 Å². The van der Waals surface area contributed by atoms with Crippen LogP contribution in [0.2, 0.25) is 0 Å². The highest BCUT2D eigenvalue weighted by Gasteiger charge is 2.31. The van der Waals surface area contributed by atoms with Gasteiger partial charge in [-0.3, -0.25) is 9.88 Å². The second-order valence-corrected chi connectivity index (χ2v) is 6.64. The zero-order valence-corrected chi connectivity index (χ0v) is 13.4. The van der Waals surface area contributed by atoms with E-state index in [2.05, 4.69) is 16.9 Å². The third-order valence-electron chi connectivity index (χ3n) is 3.62. The van der Waals surface area contributed by atoms with Crippen LogP contribution in [0, 0.1) is 0 Å². The molecule has 1 fully saturated rings. The highest BCUT2D eigenvalue weighted by molar-refractivity contribution is 5.68. The Hall–Kier alpha value is -1.62. The van der Waals surface area contributed by atoms with E-state index in [1.54, 1.807) is 4.90 Å². The summed E-state index contributed by atoms with van der Waals surface area (Å²) in [6.07, 6.45) is 4.40. The monoisotopic (exact) mass is 291 g/mol. The molecule has 5 heteroatoms. The van der Waals surface area contributed by atoms with Crippen LogP contribution < -0.4 is 0 Å². The van der Waals surface area contributed by atoms with Crippen LogP contribution in [0.15, 0.2) is 24.5 Å². The fourth-order valence-corrected chi connectivity index (χ4v) is 2.50. The first-order valence-corrected chi connectivity index (χ1v) is 7.42. The van der Waals surface area contributed by atoms with Gasteiger partial charge in [0, 0.05) is 38.1 Å². The topological polar surface area (TPSA) is 45.7 Å². The minimum atomic E-state index is -0.432. The average Bonchev–Trinajstić information content (AvgIpc) is 2.87. The highest BCUT2D eigenvalue weighted by Crippen LogP contribution is 2.19. The van der Waals surface area contributed by atoms with Crippen molar-refractivity contribution in [1.29, 1.82) is 0 Å². The van der Waals surface area contributed by atoms with Crippen molar-refractivity contribution >= 4 is 6.09 Å². The third-order valence-corrected chi connectivity index (χ3v) is 3.62. The maximum Gasteiger partial charge on any atom is 0.410 e. The number of aromatic nitrogens is 1. The van der Waals surface area contributed by atoms with E-state index in [1.165, 1.54) is 5.56 Å².